The van der Waals surface area contributed by atoms with Crippen molar-refractivity contribution in [2.45, 2.75) is 17.9 Å². The average Bonchev–Trinajstić information content (AvgIpc) is 3.06. The second-order valence-electron chi connectivity index (χ2n) is 3.76. The first kappa shape index (κ1) is 12.3. The molecule has 19 heavy (non-hydrogen) atoms. The summed E-state index contributed by atoms with van der Waals surface area (Å²) < 4.78 is 5.59. The molecule has 0 amide bonds. The molecule has 0 bridgehead atoms. The van der Waals surface area contributed by atoms with E-state index in [2.05, 4.69) is 20.2 Å². The molecule has 3 rings (SSSR count). The van der Waals surface area contributed by atoms with Crippen LogP contribution in [0.1, 0.15) is 10.7 Å². The van der Waals surface area contributed by atoms with Crippen LogP contribution in [0.4, 0.5) is 0 Å². The molecule has 0 N–H and O–H groups in total. The van der Waals surface area contributed by atoms with Crippen molar-refractivity contribution < 1.29 is 4.42 Å². The van der Waals surface area contributed by atoms with E-state index in [9.17, 15) is 0 Å². The van der Waals surface area contributed by atoms with Gasteiger partial charge in [-0.1, -0.05) is 11.8 Å². The Morgan fingerprint density at radius 2 is 2.11 bits per heavy atom. The molecule has 0 fully saturated rings. The summed E-state index contributed by atoms with van der Waals surface area (Å²) >= 11 is 3.13. The van der Waals surface area contributed by atoms with Crippen molar-refractivity contribution in [2.24, 2.45) is 0 Å². The van der Waals surface area contributed by atoms with Crippen LogP contribution in [-0.4, -0.2) is 20.2 Å². The minimum atomic E-state index is 0.513. The van der Waals surface area contributed by atoms with E-state index in [4.69, 9.17) is 4.42 Å². The van der Waals surface area contributed by atoms with Gasteiger partial charge in [-0.3, -0.25) is 4.98 Å². The molecule has 7 heteroatoms. The van der Waals surface area contributed by atoms with Gasteiger partial charge in [0, 0.05) is 29.1 Å². The van der Waals surface area contributed by atoms with Gasteiger partial charge < -0.3 is 4.42 Å². The largest absolute Gasteiger partial charge is 0.411 e. The van der Waals surface area contributed by atoms with Gasteiger partial charge in [0.25, 0.3) is 5.22 Å². The predicted molar refractivity (Wildman–Crippen MR) is 73.9 cm³/mol. The van der Waals surface area contributed by atoms with E-state index in [1.165, 1.54) is 11.8 Å². The third-order valence-corrected chi connectivity index (χ3v) is 4.02. The van der Waals surface area contributed by atoms with Crippen molar-refractivity contribution in [1.82, 2.24) is 20.2 Å². The van der Waals surface area contributed by atoms with Crippen LogP contribution in [0.15, 0.2) is 39.5 Å². The Balaban J connectivity index is 1.68. The van der Waals surface area contributed by atoms with E-state index in [0.29, 0.717) is 11.1 Å². The first-order chi connectivity index (χ1) is 9.31. The zero-order chi connectivity index (χ0) is 13.1. The maximum Gasteiger partial charge on any atom is 0.277 e. The lowest BCUT2D eigenvalue weighted by atomic mass is 10.3. The van der Waals surface area contributed by atoms with Crippen LogP contribution in [0.2, 0.25) is 0 Å². The smallest absolute Gasteiger partial charge is 0.277 e. The zero-order valence-electron chi connectivity index (χ0n) is 10.1. The second kappa shape index (κ2) is 5.50. The molecule has 5 nitrogen and oxygen atoms in total. The summed E-state index contributed by atoms with van der Waals surface area (Å²) in [6.45, 7) is 1.99. The van der Waals surface area contributed by atoms with E-state index in [-0.39, 0.29) is 0 Å². The third-order valence-electron chi connectivity index (χ3n) is 2.34. The van der Waals surface area contributed by atoms with Crippen molar-refractivity contribution >= 4 is 23.1 Å². The van der Waals surface area contributed by atoms with E-state index >= 15 is 0 Å². The summed E-state index contributed by atoms with van der Waals surface area (Å²) in [6.07, 6.45) is 3.40. The summed E-state index contributed by atoms with van der Waals surface area (Å²) in [5, 5.41) is 11.7. The highest BCUT2D eigenvalue weighted by Crippen LogP contribution is 2.25. The molecule has 3 aromatic heterocycles. The van der Waals surface area contributed by atoms with E-state index in [1.807, 2.05) is 24.4 Å². The standard InChI is InChI=1S/C12H10N4OS2/c1-8-14-10(6-18-8)7-19-12-16-15-11(17-12)9-2-4-13-5-3-9/h2-6H,7H2,1H3. The van der Waals surface area contributed by atoms with Crippen LogP contribution in [0.5, 0.6) is 0 Å². The van der Waals surface area contributed by atoms with Crippen LogP contribution < -0.4 is 0 Å². The van der Waals surface area contributed by atoms with Gasteiger partial charge in [-0.2, -0.15) is 0 Å². The molecule has 0 saturated heterocycles. The molecule has 96 valence electrons. The molecule has 0 aliphatic rings. The Morgan fingerprint density at radius 3 is 2.84 bits per heavy atom. The third kappa shape index (κ3) is 2.99. The molecule has 3 heterocycles. The van der Waals surface area contributed by atoms with Gasteiger partial charge in [0.15, 0.2) is 0 Å². The van der Waals surface area contributed by atoms with Crippen LogP contribution >= 0.6 is 23.1 Å². The highest BCUT2D eigenvalue weighted by Gasteiger charge is 2.09. The zero-order valence-corrected chi connectivity index (χ0v) is 11.7. The lowest BCUT2D eigenvalue weighted by molar-refractivity contribution is 0.465. The van der Waals surface area contributed by atoms with Gasteiger partial charge in [0.1, 0.15) is 0 Å². The van der Waals surface area contributed by atoms with Gasteiger partial charge in [-0.05, 0) is 19.1 Å². The molecule has 0 aliphatic heterocycles. The van der Waals surface area contributed by atoms with E-state index in [0.717, 1.165) is 22.0 Å². The fourth-order valence-corrected chi connectivity index (χ4v) is 2.86. The Morgan fingerprint density at radius 1 is 1.26 bits per heavy atom. The fraction of sp³-hybridized carbons (Fsp3) is 0.167. The van der Waals surface area contributed by atoms with E-state index < -0.39 is 0 Å². The number of hydrogen-bond acceptors (Lipinski definition) is 7. The highest BCUT2D eigenvalue weighted by molar-refractivity contribution is 7.98. The van der Waals surface area contributed by atoms with Gasteiger partial charge in [0.05, 0.1) is 10.7 Å². The molecule has 0 aliphatic carbocycles. The lowest BCUT2D eigenvalue weighted by Gasteiger charge is -1.93. The summed E-state index contributed by atoms with van der Waals surface area (Å²) in [4.78, 5) is 8.34. The minimum absolute atomic E-state index is 0.513. The minimum Gasteiger partial charge on any atom is -0.411 e. The fourth-order valence-electron chi connectivity index (χ4n) is 1.49. The topological polar surface area (TPSA) is 64.7 Å². The molecule has 0 atom stereocenters. The Kier molecular flexibility index (Phi) is 3.56. The average molecular weight is 290 g/mol. The van der Waals surface area contributed by atoms with Gasteiger partial charge in [-0.15, -0.1) is 21.5 Å². The SMILES string of the molecule is Cc1nc(CSc2nnc(-c3ccncc3)o2)cs1. The molecular weight excluding hydrogens is 280 g/mol. The quantitative estimate of drug-likeness (QED) is 0.688. The maximum atomic E-state index is 5.59. The number of pyridine rings is 1. The summed E-state index contributed by atoms with van der Waals surface area (Å²) in [6, 6.07) is 3.68. The number of thioether (sulfide) groups is 1. The number of thiazole rings is 1. The highest BCUT2D eigenvalue weighted by atomic mass is 32.2. The molecular formula is C12H10N4OS2. The van der Waals surface area contributed by atoms with Crippen molar-refractivity contribution in [3.05, 3.63) is 40.6 Å². The summed E-state index contributed by atoms with van der Waals surface area (Å²) in [5.74, 6) is 1.25. The van der Waals surface area contributed by atoms with E-state index in [1.54, 1.807) is 23.7 Å². The van der Waals surface area contributed by atoms with Crippen LogP contribution in [0, 0.1) is 6.92 Å². The molecule has 0 unspecified atom stereocenters. The van der Waals surface area contributed by atoms with Crippen molar-refractivity contribution in [2.75, 3.05) is 0 Å². The Bertz CT molecular complexity index is 665. The first-order valence-corrected chi connectivity index (χ1v) is 7.45. The van der Waals surface area contributed by atoms with Gasteiger partial charge in [-0.25, -0.2) is 4.98 Å². The summed E-state index contributed by atoms with van der Waals surface area (Å²) in [5.41, 5.74) is 1.91. The maximum absolute atomic E-state index is 5.59. The lowest BCUT2D eigenvalue weighted by Crippen LogP contribution is -1.80. The van der Waals surface area contributed by atoms with Crippen molar-refractivity contribution in [1.29, 1.82) is 0 Å². The molecule has 0 spiro atoms. The van der Waals surface area contributed by atoms with Crippen molar-refractivity contribution in [3.8, 4) is 11.5 Å². The van der Waals surface area contributed by atoms with Crippen LogP contribution in [0.3, 0.4) is 0 Å². The predicted octanol–water partition coefficient (Wildman–Crippen LogP) is 3.19. The van der Waals surface area contributed by atoms with Gasteiger partial charge in [0.2, 0.25) is 5.89 Å². The first-order valence-electron chi connectivity index (χ1n) is 5.59. The molecule has 3 aromatic rings. The number of nitrogens with zero attached hydrogens (tertiary/aromatic N) is 4. The molecule has 0 aromatic carbocycles. The normalized spacial score (nSPS) is 10.8. The number of aromatic nitrogens is 4. The monoisotopic (exact) mass is 290 g/mol. The summed E-state index contributed by atoms with van der Waals surface area (Å²) in [7, 11) is 0. The van der Waals surface area contributed by atoms with Gasteiger partial charge >= 0.3 is 0 Å². The number of aryl methyl sites for hydroxylation is 1. The Labute approximate surface area is 118 Å². The second-order valence-corrected chi connectivity index (χ2v) is 5.74. The van der Waals surface area contributed by atoms with Crippen molar-refractivity contribution in [3.63, 3.8) is 0 Å². The number of rotatable bonds is 4. The molecule has 0 saturated carbocycles. The number of hydrogen-bond donors (Lipinski definition) is 0. The Hall–Kier alpha value is -1.73. The van der Waals surface area contributed by atoms with Crippen LogP contribution in [-0.2, 0) is 5.75 Å². The van der Waals surface area contributed by atoms with Crippen LogP contribution in [0.25, 0.3) is 11.5 Å². The molecule has 0 radical (unpaired) electrons.